The molecule has 2 heteroatoms. The number of hydrogen-bond acceptors (Lipinski definition) is 2. The van der Waals surface area contributed by atoms with Gasteiger partial charge in [-0.3, -0.25) is 0 Å². The fraction of sp³-hybridized carbons (Fsp3) is 0.800. The number of rotatable bonds is 7. The summed E-state index contributed by atoms with van der Waals surface area (Å²) < 4.78 is 5.42. The van der Waals surface area contributed by atoms with E-state index in [1.165, 1.54) is 0 Å². The summed E-state index contributed by atoms with van der Waals surface area (Å²) in [7, 11) is 0. The van der Waals surface area contributed by atoms with Crippen LogP contribution >= 0.6 is 0 Å². The molecule has 0 aromatic rings. The first-order valence-electron chi connectivity index (χ1n) is 4.63. The summed E-state index contributed by atoms with van der Waals surface area (Å²) in [6.07, 6.45) is 3.71. The highest BCUT2D eigenvalue weighted by Gasteiger charge is 2.07. The lowest BCUT2D eigenvalue weighted by molar-refractivity contribution is 0.0214. The van der Waals surface area contributed by atoms with Gasteiger partial charge in [0.15, 0.2) is 0 Å². The van der Waals surface area contributed by atoms with E-state index in [0.29, 0.717) is 5.92 Å². The molecule has 12 heavy (non-hydrogen) atoms. The molecule has 0 aliphatic heterocycles. The summed E-state index contributed by atoms with van der Waals surface area (Å²) >= 11 is 0. The predicted molar refractivity (Wildman–Crippen MR) is 51.1 cm³/mol. The van der Waals surface area contributed by atoms with E-state index in [1.54, 1.807) is 6.08 Å². The molecule has 0 aromatic heterocycles. The Hall–Kier alpha value is -0.340. The molecule has 0 saturated heterocycles. The van der Waals surface area contributed by atoms with Crippen molar-refractivity contribution in [2.24, 2.45) is 5.92 Å². The average Bonchev–Trinajstić information content (AvgIpc) is 2.13. The number of aliphatic hydroxyl groups excluding tert-OH is 1. The van der Waals surface area contributed by atoms with Crippen LogP contribution in [0.2, 0.25) is 0 Å². The van der Waals surface area contributed by atoms with Gasteiger partial charge in [0.05, 0.1) is 19.3 Å². The largest absolute Gasteiger partial charge is 0.393 e. The third kappa shape index (κ3) is 4.52. The smallest absolute Gasteiger partial charge is 0.0984 e. The van der Waals surface area contributed by atoms with Crippen LogP contribution in [0.25, 0.3) is 0 Å². The molecule has 1 N–H and O–H groups in total. The maximum absolute atomic E-state index is 8.79. The number of aliphatic hydroxyl groups is 1. The van der Waals surface area contributed by atoms with Gasteiger partial charge >= 0.3 is 0 Å². The van der Waals surface area contributed by atoms with E-state index in [-0.39, 0.29) is 12.7 Å². The summed E-state index contributed by atoms with van der Waals surface area (Å²) in [4.78, 5) is 0. The quantitative estimate of drug-likeness (QED) is 0.595. The van der Waals surface area contributed by atoms with Gasteiger partial charge in [0.1, 0.15) is 0 Å². The molecule has 0 aliphatic carbocycles. The van der Waals surface area contributed by atoms with Crippen molar-refractivity contribution in [1.29, 1.82) is 0 Å². The van der Waals surface area contributed by atoms with Gasteiger partial charge < -0.3 is 9.84 Å². The molecular weight excluding hydrogens is 152 g/mol. The van der Waals surface area contributed by atoms with Gasteiger partial charge in [-0.2, -0.15) is 0 Å². The Morgan fingerprint density at radius 1 is 1.42 bits per heavy atom. The summed E-state index contributed by atoms with van der Waals surface area (Å²) in [5.74, 6) is 0.610. The third-order valence-corrected chi connectivity index (χ3v) is 2.14. The minimum Gasteiger partial charge on any atom is -0.393 e. The molecule has 0 radical (unpaired) electrons. The van der Waals surface area contributed by atoms with Crippen molar-refractivity contribution in [3.63, 3.8) is 0 Å². The standard InChI is InChI=1S/C10H20O2/c1-4-9(5-2)8-12-10(6-3)7-11/h6,9-11H,3-5,7-8H2,1-2H3/t10-/m0/s1. The van der Waals surface area contributed by atoms with E-state index in [1.807, 2.05) is 0 Å². The van der Waals surface area contributed by atoms with Crippen LogP contribution in [-0.4, -0.2) is 24.4 Å². The fourth-order valence-corrected chi connectivity index (χ4v) is 0.979. The van der Waals surface area contributed by atoms with Gasteiger partial charge in [0, 0.05) is 0 Å². The third-order valence-electron chi connectivity index (χ3n) is 2.14. The van der Waals surface area contributed by atoms with Crippen molar-refractivity contribution >= 4 is 0 Å². The molecule has 0 rings (SSSR count). The molecular formula is C10H20O2. The van der Waals surface area contributed by atoms with Gasteiger partial charge in [0.25, 0.3) is 0 Å². The predicted octanol–water partition coefficient (Wildman–Crippen LogP) is 1.99. The first-order valence-corrected chi connectivity index (χ1v) is 4.63. The lowest BCUT2D eigenvalue weighted by Crippen LogP contribution is -2.19. The summed E-state index contributed by atoms with van der Waals surface area (Å²) in [6, 6.07) is 0. The topological polar surface area (TPSA) is 29.5 Å². The average molecular weight is 172 g/mol. The van der Waals surface area contributed by atoms with E-state index >= 15 is 0 Å². The lowest BCUT2D eigenvalue weighted by atomic mass is 10.1. The normalized spacial score (nSPS) is 13.3. The maximum atomic E-state index is 8.79. The molecule has 0 amide bonds. The second-order valence-electron chi connectivity index (χ2n) is 2.97. The Morgan fingerprint density at radius 2 is 2.00 bits per heavy atom. The zero-order valence-electron chi connectivity index (χ0n) is 8.12. The van der Waals surface area contributed by atoms with E-state index in [4.69, 9.17) is 9.84 Å². The SMILES string of the molecule is C=C[C@@H](CO)OCC(CC)CC. The van der Waals surface area contributed by atoms with Crippen molar-refractivity contribution in [1.82, 2.24) is 0 Å². The Kier molecular flexibility index (Phi) is 7.11. The highest BCUT2D eigenvalue weighted by Crippen LogP contribution is 2.08. The van der Waals surface area contributed by atoms with Crippen LogP contribution in [-0.2, 0) is 4.74 Å². The van der Waals surface area contributed by atoms with Crippen LogP contribution in [0.5, 0.6) is 0 Å². The Bertz CT molecular complexity index is 108. The molecule has 0 saturated carbocycles. The Balaban J connectivity index is 3.55. The molecule has 2 nitrogen and oxygen atoms in total. The second kappa shape index (κ2) is 7.32. The molecule has 0 spiro atoms. The van der Waals surface area contributed by atoms with Gasteiger partial charge in [0.2, 0.25) is 0 Å². The second-order valence-corrected chi connectivity index (χ2v) is 2.97. The van der Waals surface area contributed by atoms with Crippen molar-refractivity contribution in [3.8, 4) is 0 Å². The maximum Gasteiger partial charge on any atom is 0.0984 e. The first-order chi connectivity index (χ1) is 5.78. The fourth-order valence-electron chi connectivity index (χ4n) is 0.979. The van der Waals surface area contributed by atoms with Crippen molar-refractivity contribution < 1.29 is 9.84 Å². The summed E-state index contributed by atoms with van der Waals surface area (Å²) in [5.41, 5.74) is 0. The number of hydrogen-bond donors (Lipinski definition) is 1. The zero-order chi connectivity index (χ0) is 9.40. The Labute approximate surface area is 75.2 Å². The molecule has 0 bridgehead atoms. The molecule has 72 valence electrons. The van der Waals surface area contributed by atoms with Crippen molar-refractivity contribution in [2.75, 3.05) is 13.2 Å². The minimum atomic E-state index is -0.189. The van der Waals surface area contributed by atoms with Crippen LogP contribution in [0.15, 0.2) is 12.7 Å². The van der Waals surface area contributed by atoms with E-state index in [2.05, 4.69) is 20.4 Å². The molecule has 1 atom stereocenters. The van der Waals surface area contributed by atoms with Gasteiger partial charge in [-0.15, -0.1) is 6.58 Å². The van der Waals surface area contributed by atoms with Gasteiger partial charge in [-0.1, -0.05) is 32.8 Å². The van der Waals surface area contributed by atoms with Crippen LogP contribution in [0.1, 0.15) is 26.7 Å². The first kappa shape index (κ1) is 11.7. The molecule has 0 aromatic carbocycles. The van der Waals surface area contributed by atoms with Crippen molar-refractivity contribution in [2.45, 2.75) is 32.8 Å². The molecule has 0 fully saturated rings. The van der Waals surface area contributed by atoms with E-state index in [9.17, 15) is 0 Å². The van der Waals surface area contributed by atoms with Gasteiger partial charge in [-0.25, -0.2) is 0 Å². The zero-order valence-corrected chi connectivity index (χ0v) is 8.12. The molecule has 0 unspecified atom stereocenters. The highest BCUT2D eigenvalue weighted by atomic mass is 16.5. The minimum absolute atomic E-state index is 0.0314. The highest BCUT2D eigenvalue weighted by molar-refractivity contribution is 4.79. The van der Waals surface area contributed by atoms with Crippen LogP contribution in [0.4, 0.5) is 0 Å². The van der Waals surface area contributed by atoms with Crippen LogP contribution in [0.3, 0.4) is 0 Å². The molecule has 0 aliphatic rings. The summed E-state index contributed by atoms with van der Waals surface area (Å²) in [5, 5.41) is 8.79. The van der Waals surface area contributed by atoms with E-state index in [0.717, 1.165) is 19.4 Å². The van der Waals surface area contributed by atoms with Crippen LogP contribution < -0.4 is 0 Å². The van der Waals surface area contributed by atoms with Gasteiger partial charge in [-0.05, 0) is 5.92 Å². The Morgan fingerprint density at radius 3 is 2.33 bits per heavy atom. The van der Waals surface area contributed by atoms with Crippen molar-refractivity contribution in [3.05, 3.63) is 12.7 Å². The lowest BCUT2D eigenvalue weighted by Gasteiger charge is -2.16. The molecule has 0 heterocycles. The number of ether oxygens (including phenoxy) is 1. The monoisotopic (exact) mass is 172 g/mol. The van der Waals surface area contributed by atoms with E-state index < -0.39 is 0 Å². The summed E-state index contributed by atoms with van der Waals surface area (Å²) in [6.45, 7) is 8.64. The van der Waals surface area contributed by atoms with Crippen LogP contribution in [0, 0.1) is 5.92 Å².